The third kappa shape index (κ3) is 4.55. The number of aryl methyl sites for hydroxylation is 1. The van der Waals surface area contributed by atoms with Gasteiger partial charge in [0.05, 0.1) is 5.25 Å². The second-order valence-electron chi connectivity index (χ2n) is 5.08. The third-order valence-electron chi connectivity index (χ3n) is 3.37. The first-order chi connectivity index (χ1) is 9.15. The van der Waals surface area contributed by atoms with Crippen LogP contribution in [0.1, 0.15) is 25.3 Å². The minimum absolute atomic E-state index is 0.00408. The van der Waals surface area contributed by atoms with Crippen molar-refractivity contribution in [2.24, 2.45) is 0 Å². The predicted molar refractivity (Wildman–Crippen MR) is 82.8 cm³/mol. The Balaban J connectivity index is 1.83. The van der Waals surface area contributed by atoms with Crippen molar-refractivity contribution in [3.63, 3.8) is 0 Å². The van der Waals surface area contributed by atoms with Crippen LogP contribution in [0.25, 0.3) is 0 Å². The molecule has 1 aromatic rings. The normalized spacial score (nSPS) is 18.0. The molecule has 0 radical (unpaired) electrons. The van der Waals surface area contributed by atoms with E-state index in [2.05, 4.69) is 10.6 Å². The van der Waals surface area contributed by atoms with Gasteiger partial charge in [-0.1, -0.05) is 17.7 Å². The number of piperidine rings is 1. The molecule has 0 bridgehead atoms. The average molecular weight is 278 g/mol. The molecule has 3 nitrogen and oxygen atoms in total. The number of thioether (sulfide) groups is 1. The van der Waals surface area contributed by atoms with Crippen LogP contribution in [0, 0.1) is 6.92 Å². The summed E-state index contributed by atoms with van der Waals surface area (Å²) in [5.41, 5.74) is 2.09. The van der Waals surface area contributed by atoms with Crippen molar-refractivity contribution in [2.45, 2.75) is 37.2 Å². The molecular weight excluding hydrogens is 256 g/mol. The van der Waals surface area contributed by atoms with Gasteiger partial charge in [-0.2, -0.15) is 0 Å². The van der Waals surface area contributed by atoms with E-state index < -0.39 is 0 Å². The molecule has 1 saturated heterocycles. The Bertz CT molecular complexity index is 413. The van der Waals surface area contributed by atoms with Crippen molar-refractivity contribution in [1.29, 1.82) is 0 Å². The summed E-state index contributed by atoms with van der Waals surface area (Å²) >= 11 is 1.80. The molecule has 1 amide bonds. The van der Waals surface area contributed by atoms with Gasteiger partial charge in [0.15, 0.2) is 0 Å². The van der Waals surface area contributed by atoms with Gasteiger partial charge in [0.25, 0.3) is 0 Å². The first-order valence-electron chi connectivity index (χ1n) is 6.89. The fourth-order valence-corrected chi connectivity index (χ4v) is 3.43. The molecular formula is C15H22N2OS. The van der Waals surface area contributed by atoms with E-state index in [0.717, 1.165) is 31.6 Å². The summed E-state index contributed by atoms with van der Waals surface area (Å²) in [4.78, 5) is 12.1. The number of carbonyl (C=O) groups excluding carboxylic acids is 1. The Morgan fingerprint density at radius 3 is 2.58 bits per heavy atom. The van der Waals surface area contributed by atoms with Gasteiger partial charge in [0.2, 0.25) is 5.91 Å². The van der Waals surface area contributed by atoms with E-state index >= 15 is 0 Å². The van der Waals surface area contributed by atoms with Gasteiger partial charge in [-0.3, -0.25) is 4.79 Å². The highest BCUT2D eigenvalue weighted by Gasteiger charge is 2.21. The van der Waals surface area contributed by atoms with E-state index in [4.69, 9.17) is 0 Å². The Labute approximate surface area is 119 Å². The SMILES string of the molecule is Cc1ccc(NC(=O)C(C)SC2CCNCC2)cc1. The van der Waals surface area contributed by atoms with Crippen LogP contribution >= 0.6 is 11.8 Å². The maximum Gasteiger partial charge on any atom is 0.237 e. The van der Waals surface area contributed by atoms with Crippen molar-refractivity contribution in [1.82, 2.24) is 5.32 Å². The number of anilines is 1. The Morgan fingerprint density at radius 1 is 1.32 bits per heavy atom. The molecule has 1 aliphatic rings. The van der Waals surface area contributed by atoms with Gasteiger partial charge in [-0.05, 0) is 51.9 Å². The number of hydrogen-bond donors (Lipinski definition) is 2. The van der Waals surface area contributed by atoms with Crippen molar-refractivity contribution in [3.8, 4) is 0 Å². The van der Waals surface area contributed by atoms with Gasteiger partial charge < -0.3 is 10.6 Å². The molecule has 0 aliphatic carbocycles. The zero-order valence-electron chi connectivity index (χ0n) is 11.6. The van der Waals surface area contributed by atoms with Crippen LogP contribution in [-0.4, -0.2) is 29.5 Å². The van der Waals surface area contributed by atoms with Crippen molar-refractivity contribution >= 4 is 23.4 Å². The van der Waals surface area contributed by atoms with Crippen molar-refractivity contribution in [2.75, 3.05) is 18.4 Å². The maximum atomic E-state index is 12.1. The second-order valence-corrected chi connectivity index (χ2v) is 6.73. The third-order valence-corrected chi connectivity index (χ3v) is 4.85. The average Bonchev–Trinajstić information content (AvgIpc) is 2.42. The summed E-state index contributed by atoms with van der Waals surface area (Å²) in [5.74, 6) is 0.104. The van der Waals surface area contributed by atoms with Gasteiger partial charge in [0, 0.05) is 10.9 Å². The van der Waals surface area contributed by atoms with Crippen LogP contribution in [0.3, 0.4) is 0 Å². The van der Waals surface area contributed by atoms with Crippen LogP contribution in [0.5, 0.6) is 0 Å². The molecule has 1 atom stereocenters. The van der Waals surface area contributed by atoms with E-state index in [0.29, 0.717) is 5.25 Å². The molecule has 2 N–H and O–H groups in total. The van der Waals surface area contributed by atoms with Gasteiger partial charge in [-0.25, -0.2) is 0 Å². The summed E-state index contributed by atoms with van der Waals surface area (Å²) in [6, 6.07) is 7.94. The smallest absolute Gasteiger partial charge is 0.237 e. The maximum absolute atomic E-state index is 12.1. The molecule has 19 heavy (non-hydrogen) atoms. The lowest BCUT2D eigenvalue weighted by molar-refractivity contribution is -0.115. The van der Waals surface area contributed by atoms with E-state index in [1.807, 2.05) is 38.1 Å². The first-order valence-corrected chi connectivity index (χ1v) is 7.83. The molecule has 1 heterocycles. The van der Waals surface area contributed by atoms with Crippen LogP contribution in [0.15, 0.2) is 24.3 Å². The lowest BCUT2D eigenvalue weighted by atomic mass is 10.2. The van der Waals surface area contributed by atoms with Gasteiger partial charge in [0.1, 0.15) is 0 Å². The summed E-state index contributed by atoms with van der Waals surface area (Å²) in [6.45, 7) is 6.19. The van der Waals surface area contributed by atoms with E-state index in [1.54, 1.807) is 11.8 Å². The van der Waals surface area contributed by atoms with E-state index in [9.17, 15) is 4.79 Å². The van der Waals surface area contributed by atoms with Gasteiger partial charge in [-0.15, -0.1) is 11.8 Å². The molecule has 0 aromatic heterocycles. The number of carbonyl (C=O) groups is 1. The largest absolute Gasteiger partial charge is 0.325 e. The lowest BCUT2D eigenvalue weighted by Crippen LogP contribution is -2.32. The lowest BCUT2D eigenvalue weighted by Gasteiger charge is -2.24. The fourth-order valence-electron chi connectivity index (χ4n) is 2.16. The molecule has 1 fully saturated rings. The highest BCUT2D eigenvalue weighted by atomic mass is 32.2. The molecule has 1 aromatic carbocycles. The van der Waals surface area contributed by atoms with E-state index in [1.165, 1.54) is 5.56 Å². The van der Waals surface area contributed by atoms with Crippen molar-refractivity contribution in [3.05, 3.63) is 29.8 Å². The Hall–Kier alpha value is -1.00. The highest BCUT2D eigenvalue weighted by Crippen LogP contribution is 2.25. The summed E-state index contributed by atoms with van der Waals surface area (Å²) in [7, 11) is 0. The fraction of sp³-hybridized carbons (Fsp3) is 0.533. The molecule has 0 spiro atoms. The van der Waals surface area contributed by atoms with E-state index in [-0.39, 0.29) is 11.2 Å². The Morgan fingerprint density at radius 2 is 1.95 bits per heavy atom. The molecule has 2 rings (SSSR count). The predicted octanol–water partition coefficient (Wildman–Crippen LogP) is 2.81. The topological polar surface area (TPSA) is 41.1 Å². The zero-order chi connectivity index (χ0) is 13.7. The minimum atomic E-state index is 0.00408. The monoisotopic (exact) mass is 278 g/mol. The Kier molecular flexibility index (Phi) is 5.28. The minimum Gasteiger partial charge on any atom is -0.325 e. The summed E-state index contributed by atoms with van der Waals surface area (Å²) in [6.07, 6.45) is 2.32. The highest BCUT2D eigenvalue weighted by molar-refractivity contribution is 8.01. The van der Waals surface area contributed by atoms with Crippen LogP contribution in [0.4, 0.5) is 5.69 Å². The quantitative estimate of drug-likeness (QED) is 0.890. The number of benzene rings is 1. The standard InChI is InChI=1S/C15H22N2OS/c1-11-3-5-13(6-4-11)17-15(18)12(2)19-14-7-9-16-10-8-14/h3-6,12,14,16H,7-10H2,1-2H3,(H,17,18). The molecule has 1 aliphatic heterocycles. The number of nitrogens with one attached hydrogen (secondary N) is 2. The summed E-state index contributed by atoms with van der Waals surface area (Å²) in [5, 5.41) is 6.95. The van der Waals surface area contributed by atoms with Crippen LogP contribution in [-0.2, 0) is 4.79 Å². The number of rotatable bonds is 4. The van der Waals surface area contributed by atoms with Crippen molar-refractivity contribution < 1.29 is 4.79 Å². The second kappa shape index (κ2) is 6.96. The molecule has 1 unspecified atom stereocenters. The molecule has 4 heteroatoms. The van der Waals surface area contributed by atoms with Crippen LogP contribution in [0.2, 0.25) is 0 Å². The number of hydrogen-bond acceptors (Lipinski definition) is 3. The molecule has 0 saturated carbocycles. The number of amides is 1. The zero-order valence-corrected chi connectivity index (χ0v) is 12.4. The molecule has 104 valence electrons. The van der Waals surface area contributed by atoms with Gasteiger partial charge >= 0.3 is 0 Å². The summed E-state index contributed by atoms with van der Waals surface area (Å²) < 4.78 is 0. The van der Waals surface area contributed by atoms with Crippen LogP contribution < -0.4 is 10.6 Å². The first kappa shape index (κ1) is 14.4.